The molecule has 1 N–H and O–H groups in total. The van der Waals surface area contributed by atoms with Gasteiger partial charge in [-0.25, -0.2) is 0 Å². The molecule has 3 heteroatoms. The van der Waals surface area contributed by atoms with Gasteiger partial charge in [-0.1, -0.05) is 18.2 Å². The number of nitrogens with zero attached hydrogens (tertiary/aromatic N) is 1. The van der Waals surface area contributed by atoms with Crippen molar-refractivity contribution in [2.75, 3.05) is 23.9 Å². The topological polar surface area (TPSA) is 24.9 Å². The lowest BCUT2D eigenvalue weighted by molar-refractivity contribution is 0.844. The lowest BCUT2D eigenvalue weighted by Gasteiger charge is -2.08. The summed E-state index contributed by atoms with van der Waals surface area (Å²) in [6.45, 7) is 1.04. The Labute approximate surface area is 107 Å². The van der Waals surface area contributed by atoms with Crippen LogP contribution in [0.15, 0.2) is 36.5 Å². The van der Waals surface area contributed by atoms with Crippen molar-refractivity contribution in [2.45, 2.75) is 12.8 Å². The van der Waals surface area contributed by atoms with Crippen LogP contribution in [0.25, 0.3) is 10.9 Å². The summed E-state index contributed by atoms with van der Waals surface area (Å²) in [4.78, 5) is 4.36. The van der Waals surface area contributed by atoms with Crippen molar-refractivity contribution in [1.82, 2.24) is 4.98 Å². The molecule has 0 aliphatic carbocycles. The summed E-state index contributed by atoms with van der Waals surface area (Å²) in [5.41, 5.74) is 2.25. The molecular formula is C14H18N2S. The molecular weight excluding hydrogens is 228 g/mol. The van der Waals surface area contributed by atoms with Gasteiger partial charge in [0.05, 0.1) is 5.52 Å². The minimum absolute atomic E-state index is 1.04. The number of pyridine rings is 1. The molecule has 0 amide bonds. The Morgan fingerprint density at radius 1 is 1.18 bits per heavy atom. The maximum absolute atomic E-state index is 4.36. The Bertz CT molecular complexity index is 465. The van der Waals surface area contributed by atoms with E-state index >= 15 is 0 Å². The zero-order valence-corrected chi connectivity index (χ0v) is 11.0. The predicted molar refractivity (Wildman–Crippen MR) is 77.8 cm³/mol. The van der Waals surface area contributed by atoms with Crippen LogP contribution in [0.2, 0.25) is 0 Å². The normalized spacial score (nSPS) is 10.6. The number of benzene rings is 1. The molecule has 0 saturated carbocycles. The van der Waals surface area contributed by atoms with E-state index < -0.39 is 0 Å². The van der Waals surface area contributed by atoms with Crippen LogP contribution >= 0.6 is 11.8 Å². The van der Waals surface area contributed by atoms with Crippen LogP contribution in [0.5, 0.6) is 0 Å². The Kier molecular flexibility index (Phi) is 4.68. The van der Waals surface area contributed by atoms with E-state index in [9.17, 15) is 0 Å². The first-order valence-electron chi connectivity index (χ1n) is 5.98. The van der Waals surface area contributed by atoms with Crippen LogP contribution in [-0.4, -0.2) is 23.5 Å². The molecule has 0 radical (unpaired) electrons. The van der Waals surface area contributed by atoms with Crippen molar-refractivity contribution in [3.63, 3.8) is 0 Å². The van der Waals surface area contributed by atoms with Gasteiger partial charge in [-0.05, 0) is 37.0 Å². The highest BCUT2D eigenvalue weighted by atomic mass is 32.2. The van der Waals surface area contributed by atoms with Crippen LogP contribution in [0.1, 0.15) is 12.8 Å². The number of hydrogen-bond acceptors (Lipinski definition) is 3. The minimum Gasteiger partial charge on any atom is -0.384 e. The number of hydrogen-bond donors (Lipinski definition) is 1. The zero-order valence-electron chi connectivity index (χ0n) is 10.1. The average molecular weight is 246 g/mol. The number of nitrogens with one attached hydrogen (secondary N) is 1. The van der Waals surface area contributed by atoms with Gasteiger partial charge in [-0.15, -0.1) is 0 Å². The summed E-state index contributed by atoms with van der Waals surface area (Å²) in [6, 6.07) is 10.3. The average Bonchev–Trinajstić information content (AvgIpc) is 2.39. The molecule has 0 atom stereocenters. The van der Waals surface area contributed by atoms with E-state index in [1.807, 2.05) is 30.1 Å². The van der Waals surface area contributed by atoms with E-state index in [4.69, 9.17) is 0 Å². The number of anilines is 1. The lowest BCUT2D eigenvalue weighted by atomic mass is 10.2. The summed E-state index contributed by atoms with van der Waals surface area (Å²) in [6.07, 6.45) is 6.52. The Hall–Kier alpha value is -1.22. The first-order chi connectivity index (χ1) is 8.42. The molecule has 0 saturated heterocycles. The number of unbranched alkanes of at least 4 members (excludes halogenated alkanes) is 1. The van der Waals surface area contributed by atoms with Crippen molar-refractivity contribution >= 4 is 28.4 Å². The largest absolute Gasteiger partial charge is 0.384 e. The van der Waals surface area contributed by atoms with Crippen molar-refractivity contribution < 1.29 is 0 Å². The summed E-state index contributed by atoms with van der Waals surface area (Å²) < 4.78 is 0. The number of thioether (sulfide) groups is 1. The van der Waals surface area contributed by atoms with Crippen LogP contribution in [0.3, 0.4) is 0 Å². The standard InChI is InChI=1S/C14H18N2S/c1-17-11-5-4-9-15-14-8-10-16-13-7-3-2-6-12(13)14/h2-3,6-8,10H,4-5,9,11H2,1H3,(H,15,16). The number of aromatic nitrogens is 1. The van der Waals surface area contributed by atoms with E-state index in [2.05, 4.69) is 34.8 Å². The SMILES string of the molecule is CSCCCCNc1ccnc2ccccc12. The highest BCUT2D eigenvalue weighted by Gasteiger charge is 1.99. The quantitative estimate of drug-likeness (QED) is 0.785. The third-order valence-electron chi connectivity index (χ3n) is 2.74. The van der Waals surface area contributed by atoms with E-state index in [-0.39, 0.29) is 0 Å². The molecule has 0 fully saturated rings. The van der Waals surface area contributed by atoms with E-state index in [1.54, 1.807) is 0 Å². The molecule has 0 aliphatic rings. The van der Waals surface area contributed by atoms with E-state index in [0.717, 1.165) is 12.1 Å². The van der Waals surface area contributed by atoms with Crippen LogP contribution in [0, 0.1) is 0 Å². The van der Waals surface area contributed by atoms with Gasteiger partial charge in [0, 0.05) is 23.8 Å². The highest BCUT2D eigenvalue weighted by Crippen LogP contribution is 2.20. The van der Waals surface area contributed by atoms with Gasteiger partial charge in [0.2, 0.25) is 0 Å². The van der Waals surface area contributed by atoms with Gasteiger partial charge in [0.1, 0.15) is 0 Å². The van der Waals surface area contributed by atoms with Crippen LogP contribution in [0.4, 0.5) is 5.69 Å². The number of para-hydroxylation sites is 1. The molecule has 2 aromatic rings. The number of fused-ring (bicyclic) bond motifs is 1. The van der Waals surface area contributed by atoms with E-state index in [1.165, 1.54) is 29.7 Å². The van der Waals surface area contributed by atoms with E-state index in [0.29, 0.717) is 0 Å². The predicted octanol–water partition coefficient (Wildman–Crippen LogP) is 3.79. The molecule has 0 spiro atoms. The molecule has 1 aromatic carbocycles. The van der Waals surface area contributed by atoms with Gasteiger partial charge in [0.25, 0.3) is 0 Å². The van der Waals surface area contributed by atoms with Gasteiger partial charge in [-0.2, -0.15) is 11.8 Å². The summed E-state index contributed by atoms with van der Waals surface area (Å²) in [7, 11) is 0. The lowest BCUT2D eigenvalue weighted by Crippen LogP contribution is -2.02. The fraction of sp³-hybridized carbons (Fsp3) is 0.357. The second kappa shape index (κ2) is 6.50. The fourth-order valence-electron chi connectivity index (χ4n) is 1.84. The van der Waals surface area contributed by atoms with Crippen LogP contribution < -0.4 is 5.32 Å². The first-order valence-corrected chi connectivity index (χ1v) is 7.38. The number of rotatable bonds is 6. The molecule has 1 aromatic heterocycles. The van der Waals surface area contributed by atoms with Crippen molar-refractivity contribution in [3.8, 4) is 0 Å². The second-order valence-corrected chi connectivity index (χ2v) is 4.99. The third-order valence-corrected chi connectivity index (χ3v) is 3.44. The van der Waals surface area contributed by atoms with Gasteiger partial charge in [0.15, 0.2) is 0 Å². The smallest absolute Gasteiger partial charge is 0.0722 e. The molecule has 2 rings (SSSR count). The summed E-state index contributed by atoms with van der Waals surface area (Å²) >= 11 is 1.91. The van der Waals surface area contributed by atoms with Crippen LogP contribution in [-0.2, 0) is 0 Å². The van der Waals surface area contributed by atoms with Gasteiger partial charge < -0.3 is 5.32 Å². The third kappa shape index (κ3) is 3.37. The first kappa shape index (κ1) is 12.2. The molecule has 0 unspecified atom stereocenters. The van der Waals surface area contributed by atoms with Crippen molar-refractivity contribution in [3.05, 3.63) is 36.5 Å². The highest BCUT2D eigenvalue weighted by molar-refractivity contribution is 7.98. The summed E-state index contributed by atoms with van der Waals surface area (Å²) in [5, 5.41) is 4.71. The zero-order chi connectivity index (χ0) is 11.9. The Morgan fingerprint density at radius 2 is 2.06 bits per heavy atom. The molecule has 0 bridgehead atoms. The van der Waals surface area contributed by atoms with Gasteiger partial charge in [-0.3, -0.25) is 4.98 Å². The fourth-order valence-corrected chi connectivity index (χ4v) is 2.34. The molecule has 90 valence electrons. The maximum atomic E-state index is 4.36. The second-order valence-electron chi connectivity index (χ2n) is 4.00. The molecule has 2 nitrogen and oxygen atoms in total. The monoisotopic (exact) mass is 246 g/mol. The minimum atomic E-state index is 1.04. The molecule has 1 heterocycles. The molecule has 17 heavy (non-hydrogen) atoms. The van der Waals surface area contributed by atoms with Crippen molar-refractivity contribution in [2.24, 2.45) is 0 Å². The maximum Gasteiger partial charge on any atom is 0.0722 e. The van der Waals surface area contributed by atoms with Gasteiger partial charge >= 0.3 is 0 Å². The Morgan fingerprint density at radius 3 is 2.94 bits per heavy atom. The summed E-state index contributed by atoms with van der Waals surface area (Å²) in [5.74, 6) is 1.25. The van der Waals surface area contributed by atoms with Crippen molar-refractivity contribution in [1.29, 1.82) is 0 Å². The molecule has 0 aliphatic heterocycles. The Balaban J connectivity index is 1.98.